The van der Waals surface area contributed by atoms with Crippen LogP contribution in [0.4, 0.5) is 18.9 Å². The van der Waals surface area contributed by atoms with Crippen molar-refractivity contribution in [2.24, 2.45) is 5.14 Å². The number of nitrogens with two attached hydrogens (primary N) is 1. The van der Waals surface area contributed by atoms with Crippen LogP contribution in [0.3, 0.4) is 0 Å². The fraction of sp³-hybridized carbons (Fsp3) is 0.296. The monoisotopic (exact) mass is 563 g/mol. The van der Waals surface area contributed by atoms with Crippen LogP contribution in [-0.2, 0) is 16.4 Å². The number of benzene rings is 3. The van der Waals surface area contributed by atoms with E-state index in [0.717, 1.165) is 12.8 Å². The summed E-state index contributed by atoms with van der Waals surface area (Å²) in [7, 11) is -0.762. The van der Waals surface area contributed by atoms with Gasteiger partial charge in [0.15, 0.2) is 0 Å². The van der Waals surface area contributed by atoms with E-state index in [0.29, 0.717) is 30.1 Å². The van der Waals surface area contributed by atoms with Crippen LogP contribution < -0.4 is 19.9 Å². The van der Waals surface area contributed by atoms with Gasteiger partial charge < -0.3 is 19.7 Å². The minimum Gasteiger partial charge on any atom is -0.495 e. The maximum Gasteiger partial charge on any atom is 0.573 e. The minimum absolute atomic E-state index is 0.0317. The van der Waals surface area contributed by atoms with Crippen LogP contribution in [0.1, 0.15) is 28.8 Å². The molecule has 1 fully saturated rings. The number of hydrogen-bond donors (Lipinski definition) is 2. The smallest absolute Gasteiger partial charge is 0.495 e. The molecule has 0 radical (unpaired) electrons. The van der Waals surface area contributed by atoms with E-state index in [-0.39, 0.29) is 33.2 Å². The molecule has 3 aromatic carbocycles. The number of sulfonamides is 1. The number of primary sulfonamides is 1. The van der Waals surface area contributed by atoms with Gasteiger partial charge in [-0.05, 0) is 67.8 Å². The molecule has 0 spiro atoms. The molecule has 0 aromatic heterocycles. The number of nitrogens with zero attached hydrogens (tertiary/aromatic N) is 1. The Kier molecular flexibility index (Phi) is 8.19. The molecule has 1 aliphatic rings. The highest BCUT2D eigenvalue weighted by Gasteiger charge is 2.32. The second-order valence-electron chi connectivity index (χ2n) is 9.24. The van der Waals surface area contributed by atoms with Gasteiger partial charge in [-0.2, -0.15) is 0 Å². The molecular formula is C27H28F3N3O5S. The number of carbonyl (C=O) groups excluding carboxylic acids is 1. The van der Waals surface area contributed by atoms with E-state index in [1.807, 2.05) is 7.05 Å². The van der Waals surface area contributed by atoms with Gasteiger partial charge in [-0.3, -0.25) is 4.79 Å². The van der Waals surface area contributed by atoms with Gasteiger partial charge in [-0.1, -0.05) is 24.3 Å². The zero-order chi connectivity index (χ0) is 28.4. The summed E-state index contributed by atoms with van der Waals surface area (Å²) >= 11 is 0. The minimum atomic E-state index is -4.86. The standard InChI is InChI=1S/C27H28F3N3O5S/c1-33(20-9-10-20)14-13-17-15-18(7-11-21(17)22-5-3-4-6-23(22)38-27(28,29)30)26(34)32-19-8-12-25(39(31,35)36)24(16-19)37-2/h3-8,11-12,15-16,20H,9-10,13-14H2,1-2H3,(H,32,34)(H2,31,35,36). The summed E-state index contributed by atoms with van der Waals surface area (Å²) in [5.41, 5.74) is 2.00. The van der Waals surface area contributed by atoms with Crippen LogP contribution in [0.5, 0.6) is 11.5 Å². The number of rotatable bonds is 10. The van der Waals surface area contributed by atoms with E-state index in [4.69, 9.17) is 9.88 Å². The number of halogens is 3. The molecule has 0 saturated heterocycles. The molecule has 0 unspecified atom stereocenters. The summed E-state index contributed by atoms with van der Waals surface area (Å²) in [6.45, 7) is 0.650. The lowest BCUT2D eigenvalue weighted by Gasteiger charge is -2.19. The predicted octanol–water partition coefficient (Wildman–Crippen LogP) is 4.80. The molecule has 3 N–H and O–H groups in total. The maximum atomic E-state index is 13.1. The number of likely N-dealkylation sites (N-methyl/N-ethyl adjacent to an activating group) is 1. The van der Waals surface area contributed by atoms with E-state index in [1.54, 1.807) is 24.3 Å². The predicted molar refractivity (Wildman–Crippen MR) is 140 cm³/mol. The number of carbonyl (C=O) groups is 1. The molecule has 12 heteroatoms. The number of hydrogen-bond acceptors (Lipinski definition) is 6. The number of alkyl halides is 3. The second kappa shape index (κ2) is 11.2. The first-order chi connectivity index (χ1) is 18.4. The molecule has 0 heterocycles. The number of amides is 1. The normalized spacial score (nSPS) is 13.8. The van der Waals surface area contributed by atoms with Gasteiger partial charge in [0.25, 0.3) is 5.91 Å². The van der Waals surface area contributed by atoms with Crippen LogP contribution in [0.25, 0.3) is 11.1 Å². The molecule has 0 bridgehead atoms. The zero-order valence-corrected chi connectivity index (χ0v) is 22.1. The maximum absolute atomic E-state index is 13.1. The fourth-order valence-electron chi connectivity index (χ4n) is 4.29. The van der Waals surface area contributed by atoms with Crippen molar-refractivity contribution in [3.05, 3.63) is 71.8 Å². The van der Waals surface area contributed by atoms with Gasteiger partial charge in [0.1, 0.15) is 16.4 Å². The van der Waals surface area contributed by atoms with Crippen molar-refractivity contribution in [3.63, 3.8) is 0 Å². The van der Waals surface area contributed by atoms with Gasteiger partial charge in [0.05, 0.1) is 7.11 Å². The van der Waals surface area contributed by atoms with Crippen molar-refractivity contribution >= 4 is 21.6 Å². The molecule has 3 aromatic rings. The fourth-order valence-corrected chi connectivity index (χ4v) is 4.97. The Hall–Kier alpha value is -3.61. The average Bonchev–Trinajstić information content (AvgIpc) is 3.71. The van der Waals surface area contributed by atoms with Crippen LogP contribution in [0, 0.1) is 0 Å². The quantitative estimate of drug-likeness (QED) is 0.367. The summed E-state index contributed by atoms with van der Waals surface area (Å²) in [5, 5.41) is 7.90. The molecule has 0 aliphatic heterocycles. The molecular weight excluding hydrogens is 535 g/mol. The number of methoxy groups -OCH3 is 1. The van der Waals surface area contributed by atoms with Crippen molar-refractivity contribution in [2.75, 3.05) is 26.0 Å². The number of para-hydroxylation sites is 1. The summed E-state index contributed by atoms with van der Waals surface area (Å²) in [6.07, 6.45) is -2.17. The Balaban J connectivity index is 1.66. The highest BCUT2D eigenvalue weighted by Crippen LogP contribution is 2.37. The Labute approximate surface area is 224 Å². The lowest BCUT2D eigenvalue weighted by molar-refractivity contribution is -0.274. The van der Waals surface area contributed by atoms with Gasteiger partial charge in [-0.15, -0.1) is 13.2 Å². The van der Waals surface area contributed by atoms with E-state index in [2.05, 4.69) is 15.0 Å². The summed E-state index contributed by atoms with van der Waals surface area (Å²) in [6, 6.07) is 15.1. The number of ether oxygens (including phenoxy) is 2. The zero-order valence-electron chi connectivity index (χ0n) is 21.3. The van der Waals surface area contributed by atoms with Gasteiger partial charge in [0, 0.05) is 35.5 Å². The van der Waals surface area contributed by atoms with Crippen molar-refractivity contribution in [3.8, 4) is 22.6 Å². The summed E-state index contributed by atoms with van der Waals surface area (Å²) in [5.74, 6) is -0.861. The lowest BCUT2D eigenvalue weighted by atomic mass is 9.94. The number of nitrogens with one attached hydrogen (secondary N) is 1. The van der Waals surface area contributed by atoms with E-state index in [9.17, 15) is 26.4 Å². The third-order valence-corrected chi connectivity index (χ3v) is 7.35. The van der Waals surface area contributed by atoms with E-state index >= 15 is 0 Å². The second-order valence-corrected chi connectivity index (χ2v) is 10.8. The highest BCUT2D eigenvalue weighted by molar-refractivity contribution is 7.89. The number of anilines is 1. The first-order valence-electron chi connectivity index (χ1n) is 12.1. The largest absolute Gasteiger partial charge is 0.573 e. The van der Waals surface area contributed by atoms with Crippen LogP contribution in [0.15, 0.2) is 65.6 Å². The van der Waals surface area contributed by atoms with Crippen molar-refractivity contribution in [2.45, 2.75) is 36.6 Å². The summed E-state index contributed by atoms with van der Waals surface area (Å²) < 4.78 is 72.1. The Morgan fingerprint density at radius 1 is 1.05 bits per heavy atom. The summed E-state index contributed by atoms with van der Waals surface area (Å²) in [4.78, 5) is 15.1. The average molecular weight is 564 g/mol. The van der Waals surface area contributed by atoms with Gasteiger partial charge in [0.2, 0.25) is 10.0 Å². The van der Waals surface area contributed by atoms with E-state index < -0.39 is 22.3 Å². The van der Waals surface area contributed by atoms with Gasteiger partial charge in [-0.25, -0.2) is 13.6 Å². The third kappa shape index (κ3) is 7.28. The van der Waals surface area contributed by atoms with E-state index in [1.165, 1.54) is 43.5 Å². The SMILES string of the molecule is COc1cc(NC(=O)c2ccc(-c3ccccc3OC(F)(F)F)c(CCN(C)C3CC3)c2)ccc1S(N)(=O)=O. The molecule has 1 amide bonds. The molecule has 1 saturated carbocycles. The van der Waals surface area contributed by atoms with Crippen LogP contribution in [0.2, 0.25) is 0 Å². The lowest BCUT2D eigenvalue weighted by Crippen LogP contribution is -2.23. The first-order valence-corrected chi connectivity index (χ1v) is 13.6. The Bertz CT molecular complexity index is 1470. The van der Waals surface area contributed by atoms with Crippen molar-refractivity contribution < 1.29 is 35.9 Å². The van der Waals surface area contributed by atoms with Crippen molar-refractivity contribution in [1.82, 2.24) is 4.90 Å². The molecule has 39 heavy (non-hydrogen) atoms. The Morgan fingerprint density at radius 3 is 2.41 bits per heavy atom. The highest BCUT2D eigenvalue weighted by atomic mass is 32.2. The first kappa shape index (κ1) is 28.4. The van der Waals surface area contributed by atoms with Crippen molar-refractivity contribution in [1.29, 1.82) is 0 Å². The molecule has 0 atom stereocenters. The third-order valence-electron chi connectivity index (χ3n) is 6.40. The van der Waals surface area contributed by atoms with Crippen LogP contribution >= 0.6 is 0 Å². The Morgan fingerprint density at radius 2 is 1.77 bits per heavy atom. The van der Waals surface area contributed by atoms with Crippen LogP contribution in [-0.4, -0.2) is 52.3 Å². The molecule has 208 valence electrons. The molecule has 1 aliphatic carbocycles. The van der Waals surface area contributed by atoms with Gasteiger partial charge >= 0.3 is 6.36 Å². The topological polar surface area (TPSA) is 111 Å². The molecule has 4 rings (SSSR count). The molecule has 8 nitrogen and oxygen atoms in total.